The van der Waals surface area contributed by atoms with Crippen LogP contribution in [0.25, 0.3) is 11.0 Å². The van der Waals surface area contributed by atoms with Crippen LogP contribution in [-0.2, 0) is 7.05 Å². The van der Waals surface area contributed by atoms with Crippen molar-refractivity contribution in [3.05, 3.63) is 39.8 Å². The smallest absolute Gasteiger partial charge is 0.272 e. The van der Waals surface area contributed by atoms with E-state index in [1.54, 1.807) is 36.9 Å². The van der Waals surface area contributed by atoms with Crippen LogP contribution < -0.4 is 10.9 Å². The van der Waals surface area contributed by atoms with E-state index in [1.807, 2.05) is 13.8 Å². The lowest BCUT2D eigenvalue weighted by atomic mass is 10.1. The van der Waals surface area contributed by atoms with E-state index in [1.165, 1.54) is 0 Å². The summed E-state index contributed by atoms with van der Waals surface area (Å²) in [6.45, 7) is 3.88. The Labute approximate surface area is 111 Å². The number of fused-ring (bicyclic) bond motifs is 1. The topological polar surface area (TPSA) is 64.0 Å². The number of benzene rings is 1. The molecule has 100 valence electrons. The highest BCUT2D eigenvalue weighted by atomic mass is 16.1. The highest BCUT2D eigenvalue weighted by Crippen LogP contribution is 2.15. The van der Waals surface area contributed by atoms with Crippen molar-refractivity contribution < 1.29 is 4.79 Å². The highest BCUT2D eigenvalue weighted by molar-refractivity contribution is 5.97. The molecule has 1 heterocycles. The van der Waals surface area contributed by atoms with Gasteiger partial charge in [-0.3, -0.25) is 9.59 Å². The van der Waals surface area contributed by atoms with Gasteiger partial charge in [-0.25, -0.2) is 4.98 Å². The molecule has 0 saturated carbocycles. The Hall–Kier alpha value is -2.17. The molecule has 2 rings (SSSR count). The van der Waals surface area contributed by atoms with E-state index in [-0.39, 0.29) is 17.4 Å². The molecule has 0 saturated heterocycles. The van der Waals surface area contributed by atoms with Crippen molar-refractivity contribution in [2.45, 2.75) is 19.8 Å². The second-order valence-corrected chi connectivity index (χ2v) is 4.80. The summed E-state index contributed by atoms with van der Waals surface area (Å²) in [7, 11) is 3.28. The first-order valence-electron chi connectivity index (χ1n) is 6.18. The van der Waals surface area contributed by atoms with Crippen LogP contribution >= 0.6 is 0 Å². The Kier molecular flexibility index (Phi) is 3.38. The van der Waals surface area contributed by atoms with Gasteiger partial charge in [0.25, 0.3) is 11.5 Å². The largest absolute Gasteiger partial charge is 0.355 e. The van der Waals surface area contributed by atoms with Crippen LogP contribution in [0.3, 0.4) is 0 Å². The minimum absolute atomic E-state index is 0.0710. The molecule has 1 aromatic heterocycles. The summed E-state index contributed by atoms with van der Waals surface area (Å²) in [5.41, 5.74) is 2.33. The van der Waals surface area contributed by atoms with E-state index in [2.05, 4.69) is 10.3 Å². The van der Waals surface area contributed by atoms with Crippen molar-refractivity contribution >= 4 is 16.9 Å². The molecule has 0 aliphatic heterocycles. The molecule has 0 aliphatic rings. The molecule has 19 heavy (non-hydrogen) atoms. The first-order valence-corrected chi connectivity index (χ1v) is 6.18. The van der Waals surface area contributed by atoms with E-state index < -0.39 is 0 Å². The number of nitrogens with one attached hydrogen (secondary N) is 1. The maximum Gasteiger partial charge on any atom is 0.272 e. The summed E-state index contributed by atoms with van der Waals surface area (Å²) >= 11 is 0. The molecule has 5 nitrogen and oxygen atoms in total. The van der Waals surface area contributed by atoms with Gasteiger partial charge >= 0.3 is 0 Å². The van der Waals surface area contributed by atoms with Gasteiger partial charge in [-0.1, -0.05) is 13.8 Å². The van der Waals surface area contributed by atoms with Crippen LogP contribution in [0.5, 0.6) is 0 Å². The van der Waals surface area contributed by atoms with E-state index in [4.69, 9.17) is 0 Å². The summed E-state index contributed by atoms with van der Waals surface area (Å²) in [5, 5.41) is 2.56. The number of aromatic nitrogens is 2. The molecule has 2 aromatic rings. The summed E-state index contributed by atoms with van der Waals surface area (Å²) in [5.74, 6) is -0.107. The van der Waals surface area contributed by atoms with Crippen LogP contribution in [0.15, 0.2) is 23.0 Å². The van der Waals surface area contributed by atoms with Crippen molar-refractivity contribution in [2.75, 3.05) is 7.05 Å². The number of carbonyl (C=O) groups is 1. The Bertz CT molecular complexity index is 702. The van der Waals surface area contributed by atoms with Crippen LogP contribution in [0.1, 0.15) is 35.8 Å². The van der Waals surface area contributed by atoms with Crippen LogP contribution in [-0.4, -0.2) is 22.5 Å². The minimum Gasteiger partial charge on any atom is -0.355 e. The van der Waals surface area contributed by atoms with Crippen molar-refractivity contribution in [3.63, 3.8) is 0 Å². The van der Waals surface area contributed by atoms with Crippen molar-refractivity contribution in [1.82, 2.24) is 14.9 Å². The van der Waals surface area contributed by atoms with Gasteiger partial charge in [0, 0.05) is 25.6 Å². The lowest BCUT2D eigenvalue weighted by molar-refractivity contribution is 0.0963. The highest BCUT2D eigenvalue weighted by Gasteiger charge is 2.13. The van der Waals surface area contributed by atoms with Gasteiger partial charge in [0.15, 0.2) is 0 Å². The van der Waals surface area contributed by atoms with E-state index in [0.717, 1.165) is 5.52 Å². The number of aryl methyl sites for hydroxylation is 1. The molecule has 1 aromatic carbocycles. The molecular weight excluding hydrogens is 242 g/mol. The first-order chi connectivity index (χ1) is 8.95. The zero-order valence-electron chi connectivity index (χ0n) is 11.5. The molecule has 0 aliphatic carbocycles. The number of rotatable bonds is 2. The third-order valence-corrected chi connectivity index (χ3v) is 3.14. The van der Waals surface area contributed by atoms with Gasteiger partial charge in [0.05, 0.1) is 11.0 Å². The molecule has 1 N–H and O–H groups in total. The third-order valence-electron chi connectivity index (χ3n) is 3.14. The standard InChI is InChI=1S/C14H17N3O2/c1-8(2)12-14(19)17(4)11-7-9(13(18)15-3)5-6-10(11)16-12/h5-8H,1-4H3,(H,15,18). The van der Waals surface area contributed by atoms with Crippen molar-refractivity contribution in [1.29, 1.82) is 0 Å². The Morgan fingerprint density at radius 2 is 2.05 bits per heavy atom. The van der Waals surface area contributed by atoms with Crippen LogP contribution in [0, 0.1) is 0 Å². The fourth-order valence-electron chi connectivity index (χ4n) is 2.01. The SMILES string of the molecule is CNC(=O)c1ccc2nc(C(C)C)c(=O)n(C)c2c1. The lowest BCUT2D eigenvalue weighted by Crippen LogP contribution is -2.25. The Morgan fingerprint density at radius 3 is 2.63 bits per heavy atom. The molecular formula is C14H17N3O2. The lowest BCUT2D eigenvalue weighted by Gasteiger charge is -2.11. The van der Waals surface area contributed by atoms with Crippen LogP contribution in [0.2, 0.25) is 0 Å². The second kappa shape index (κ2) is 4.84. The van der Waals surface area contributed by atoms with Crippen molar-refractivity contribution in [3.8, 4) is 0 Å². The van der Waals surface area contributed by atoms with E-state index in [0.29, 0.717) is 16.8 Å². The predicted octanol–water partition coefficient (Wildman–Crippen LogP) is 1.42. The molecule has 0 bridgehead atoms. The maximum atomic E-state index is 12.2. The Balaban J connectivity index is 2.75. The quantitative estimate of drug-likeness (QED) is 0.887. The predicted molar refractivity (Wildman–Crippen MR) is 74.5 cm³/mol. The number of hydrogen-bond acceptors (Lipinski definition) is 3. The monoisotopic (exact) mass is 259 g/mol. The number of hydrogen-bond donors (Lipinski definition) is 1. The summed E-state index contributed by atoms with van der Waals surface area (Å²) in [6, 6.07) is 5.17. The van der Waals surface area contributed by atoms with E-state index in [9.17, 15) is 9.59 Å². The van der Waals surface area contributed by atoms with E-state index >= 15 is 0 Å². The molecule has 1 amide bonds. The number of nitrogens with zero attached hydrogens (tertiary/aromatic N) is 2. The van der Waals surface area contributed by atoms with Gasteiger partial charge in [0.2, 0.25) is 0 Å². The van der Waals surface area contributed by atoms with Crippen LogP contribution in [0.4, 0.5) is 0 Å². The molecule has 0 unspecified atom stereocenters. The van der Waals surface area contributed by atoms with Gasteiger partial charge in [-0.15, -0.1) is 0 Å². The molecule has 0 atom stereocenters. The maximum absolute atomic E-state index is 12.2. The zero-order valence-corrected chi connectivity index (χ0v) is 11.5. The average molecular weight is 259 g/mol. The summed E-state index contributed by atoms with van der Waals surface area (Å²) < 4.78 is 1.55. The number of amides is 1. The average Bonchev–Trinajstić information content (AvgIpc) is 2.41. The normalized spacial score (nSPS) is 11.0. The zero-order chi connectivity index (χ0) is 14.2. The third kappa shape index (κ3) is 2.23. The summed E-state index contributed by atoms with van der Waals surface area (Å²) in [4.78, 5) is 28.2. The molecule has 0 spiro atoms. The number of carbonyl (C=O) groups excluding carboxylic acids is 1. The fraction of sp³-hybridized carbons (Fsp3) is 0.357. The minimum atomic E-state index is -0.178. The molecule has 0 fully saturated rings. The molecule has 5 heteroatoms. The fourth-order valence-corrected chi connectivity index (χ4v) is 2.01. The van der Waals surface area contributed by atoms with Crippen molar-refractivity contribution in [2.24, 2.45) is 7.05 Å². The van der Waals surface area contributed by atoms with Gasteiger partial charge in [-0.05, 0) is 18.2 Å². The Morgan fingerprint density at radius 1 is 1.37 bits per heavy atom. The summed E-state index contributed by atoms with van der Waals surface area (Å²) in [6.07, 6.45) is 0. The van der Waals surface area contributed by atoms with Gasteiger partial charge in [-0.2, -0.15) is 0 Å². The second-order valence-electron chi connectivity index (χ2n) is 4.80. The van der Waals surface area contributed by atoms with Gasteiger partial charge < -0.3 is 9.88 Å². The first kappa shape index (κ1) is 13.3. The van der Waals surface area contributed by atoms with Gasteiger partial charge in [0.1, 0.15) is 5.69 Å². The molecule has 0 radical (unpaired) electrons.